The van der Waals surface area contributed by atoms with Gasteiger partial charge in [-0.1, -0.05) is 13.3 Å². The molecule has 0 radical (unpaired) electrons. The molecule has 15 heavy (non-hydrogen) atoms. The molecule has 0 saturated carbocycles. The molecular weight excluding hydrogens is 218 g/mol. The Labute approximate surface area is 88.5 Å². The molecule has 0 saturated heterocycles. The van der Waals surface area contributed by atoms with Crippen molar-refractivity contribution in [3.8, 4) is 0 Å². The molecule has 1 N–H and O–H groups in total. The molecule has 1 heterocycles. The number of aldehydes is 1. The molecule has 1 rings (SSSR count). The molecule has 0 bridgehead atoms. The molecule has 0 aliphatic rings. The standard InChI is InChI=1S/C9H13NO4S/c1-2-3-6-10-15(12,13)9-5-4-8(7-11)14-9/h4-5,7,10H,2-3,6H2,1H3. The quantitative estimate of drug-likeness (QED) is 0.589. The minimum absolute atomic E-state index is 0.00543. The summed E-state index contributed by atoms with van der Waals surface area (Å²) in [4.78, 5) is 10.3. The van der Waals surface area contributed by atoms with Crippen LogP contribution in [0, 0.1) is 0 Å². The van der Waals surface area contributed by atoms with Gasteiger partial charge in [0.1, 0.15) is 0 Å². The third-order valence-corrected chi connectivity index (χ3v) is 3.14. The summed E-state index contributed by atoms with van der Waals surface area (Å²) in [6, 6.07) is 2.58. The molecule has 0 fully saturated rings. The number of nitrogens with one attached hydrogen (secondary N) is 1. The van der Waals surface area contributed by atoms with Gasteiger partial charge in [0, 0.05) is 6.54 Å². The predicted molar refractivity (Wildman–Crippen MR) is 54.2 cm³/mol. The van der Waals surface area contributed by atoms with Crippen LogP contribution >= 0.6 is 0 Å². The maximum absolute atomic E-state index is 11.5. The van der Waals surface area contributed by atoms with Crippen molar-refractivity contribution in [2.75, 3.05) is 6.54 Å². The summed E-state index contributed by atoms with van der Waals surface area (Å²) in [5.41, 5.74) is 0. The third kappa shape index (κ3) is 3.17. The van der Waals surface area contributed by atoms with Crippen LogP contribution in [0.15, 0.2) is 21.6 Å². The van der Waals surface area contributed by atoms with Gasteiger partial charge >= 0.3 is 0 Å². The summed E-state index contributed by atoms with van der Waals surface area (Å²) >= 11 is 0. The first-order chi connectivity index (χ1) is 7.10. The van der Waals surface area contributed by atoms with Crippen molar-refractivity contribution in [1.29, 1.82) is 0 Å². The van der Waals surface area contributed by atoms with Crippen LogP contribution in [0.25, 0.3) is 0 Å². The molecule has 0 aliphatic carbocycles. The number of furan rings is 1. The van der Waals surface area contributed by atoms with Gasteiger partial charge in [-0.15, -0.1) is 0 Å². The van der Waals surface area contributed by atoms with Crippen molar-refractivity contribution in [1.82, 2.24) is 4.72 Å². The Balaban J connectivity index is 2.72. The first-order valence-electron chi connectivity index (χ1n) is 4.65. The van der Waals surface area contributed by atoms with E-state index in [1.54, 1.807) is 0 Å². The summed E-state index contributed by atoms with van der Waals surface area (Å²) in [5, 5.41) is -0.222. The lowest BCUT2D eigenvalue weighted by Crippen LogP contribution is -2.24. The minimum atomic E-state index is -3.60. The molecular formula is C9H13NO4S. The zero-order valence-corrected chi connectivity index (χ0v) is 9.21. The maximum atomic E-state index is 11.5. The second kappa shape index (κ2) is 5.09. The zero-order chi connectivity index (χ0) is 11.3. The molecule has 1 aromatic rings. The third-order valence-electron chi connectivity index (χ3n) is 1.81. The molecule has 0 aromatic carbocycles. The molecule has 1 aromatic heterocycles. The van der Waals surface area contributed by atoms with Crippen LogP contribution in [0.1, 0.15) is 30.3 Å². The Kier molecular flexibility index (Phi) is 4.05. The van der Waals surface area contributed by atoms with Crippen molar-refractivity contribution >= 4 is 16.3 Å². The van der Waals surface area contributed by atoms with E-state index in [1.165, 1.54) is 12.1 Å². The van der Waals surface area contributed by atoms with Crippen molar-refractivity contribution in [3.63, 3.8) is 0 Å². The van der Waals surface area contributed by atoms with E-state index in [-0.39, 0.29) is 10.9 Å². The smallest absolute Gasteiger partial charge is 0.273 e. The number of rotatable bonds is 6. The van der Waals surface area contributed by atoms with Crippen molar-refractivity contribution in [2.24, 2.45) is 0 Å². The lowest BCUT2D eigenvalue weighted by atomic mass is 10.3. The Bertz CT molecular complexity index is 421. The number of hydrogen-bond acceptors (Lipinski definition) is 4. The van der Waals surface area contributed by atoms with Gasteiger partial charge in [0.05, 0.1) is 0 Å². The highest BCUT2D eigenvalue weighted by Crippen LogP contribution is 2.11. The van der Waals surface area contributed by atoms with E-state index in [0.29, 0.717) is 12.8 Å². The summed E-state index contributed by atoms with van der Waals surface area (Å²) in [6.45, 7) is 2.33. The number of carbonyl (C=O) groups is 1. The highest BCUT2D eigenvalue weighted by molar-refractivity contribution is 7.89. The van der Waals surface area contributed by atoms with Crippen LogP contribution < -0.4 is 4.72 Å². The van der Waals surface area contributed by atoms with Gasteiger partial charge in [-0.25, -0.2) is 13.1 Å². The second-order valence-corrected chi connectivity index (χ2v) is 4.72. The van der Waals surface area contributed by atoms with Crippen molar-refractivity contribution < 1.29 is 17.6 Å². The highest BCUT2D eigenvalue weighted by atomic mass is 32.2. The van der Waals surface area contributed by atoms with Crippen LogP contribution in [-0.4, -0.2) is 21.2 Å². The zero-order valence-electron chi connectivity index (χ0n) is 8.39. The number of sulfonamides is 1. The SMILES string of the molecule is CCCCNS(=O)(=O)c1ccc(C=O)o1. The van der Waals surface area contributed by atoms with Gasteiger partial charge in [0.25, 0.3) is 10.0 Å². The molecule has 0 atom stereocenters. The average Bonchev–Trinajstić information content (AvgIpc) is 2.66. The fraction of sp³-hybridized carbons (Fsp3) is 0.444. The van der Waals surface area contributed by atoms with Crippen molar-refractivity contribution in [3.05, 3.63) is 17.9 Å². The molecule has 6 heteroatoms. The van der Waals surface area contributed by atoms with E-state index < -0.39 is 10.0 Å². The second-order valence-electron chi connectivity index (χ2n) is 3.03. The van der Waals surface area contributed by atoms with Gasteiger partial charge in [-0.05, 0) is 18.6 Å². The highest BCUT2D eigenvalue weighted by Gasteiger charge is 2.17. The van der Waals surface area contributed by atoms with Gasteiger partial charge in [-0.3, -0.25) is 4.79 Å². The lowest BCUT2D eigenvalue weighted by Gasteiger charge is -2.01. The first-order valence-corrected chi connectivity index (χ1v) is 6.13. The Morgan fingerprint density at radius 1 is 1.47 bits per heavy atom. The summed E-state index contributed by atoms with van der Waals surface area (Å²) in [7, 11) is -3.60. The molecule has 0 spiro atoms. The number of unbranched alkanes of at least 4 members (excludes halogenated alkanes) is 1. The topological polar surface area (TPSA) is 76.4 Å². The fourth-order valence-electron chi connectivity index (χ4n) is 0.997. The average molecular weight is 231 g/mol. The Morgan fingerprint density at radius 2 is 2.20 bits per heavy atom. The van der Waals surface area contributed by atoms with E-state index in [1.807, 2.05) is 6.92 Å². The number of carbonyl (C=O) groups excluding carboxylic acids is 1. The van der Waals surface area contributed by atoms with Crippen LogP contribution in [0.3, 0.4) is 0 Å². The molecule has 0 unspecified atom stereocenters. The molecule has 0 amide bonds. The van der Waals surface area contributed by atoms with E-state index in [9.17, 15) is 13.2 Å². The van der Waals surface area contributed by atoms with E-state index in [2.05, 4.69) is 4.72 Å². The molecule has 0 aliphatic heterocycles. The van der Waals surface area contributed by atoms with E-state index >= 15 is 0 Å². The van der Waals surface area contributed by atoms with Crippen LogP contribution in [0.4, 0.5) is 0 Å². The van der Waals surface area contributed by atoms with E-state index in [0.717, 1.165) is 12.8 Å². The summed E-state index contributed by atoms with van der Waals surface area (Å²) < 4.78 is 30.2. The summed E-state index contributed by atoms with van der Waals surface area (Å²) in [6.07, 6.45) is 2.13. The van der Waals surface area contributed by atoms with Gasteiger partial charge in [-0.2, -0.15) is 0 Å². The first kappa shape index (κ1) is 11.9. The lowest BCUT2D eigenvalue weighted by molar-refractivity contribution is 0.109. The van der Waals surface area contributed by atoms with Crippen LogP contribution in [0.2, 0.25) is 0 Å². The molecule has 84 valence electrons. The van der Waals surface area contributed by atoms with Crippen LogP contribution in [-0.2, 0) is 10.0 Å². The van der Waals surface area contributed by atoms with E-state index in [4.69, 9.17) is 4.42 Å². The normalized spacial score (nSPS) is 11.5. The molecule has 5 nitrogen and oxygen atoms in total. The minimum Gasteiger partial charge on any atom is -0.440 e. The van der Waals surface area contributed by atoms with Gasteiger partial charge < -0.3 is 4.42 Å². The van der Waals surface area contributed by atoms with Gasteiger partial charge in [0.2, 0.25) is 5.09 Å². The predicted octanol–water partition coefficient (Wildman–Crippen LogP) is 1.17. The van der Waals surface area contributed by atoms with Crippen LogP contribution in [0.5, 0.6) is 0 Å². The summed E-state index contributed by atoms with van der Waals surface area (Å²) in [5.74, 6) is 0.00543. The monoisotopic (exact) mass is 231 g/mol. The Hall–Kier alpha value is -1.14. The largest absolute Gasteiger partial charge is 0.440 e. The fourth-order valence-corrected chi connectivity index (χ4v) is 2.01. The maximum Gasteiger partial charge on any atom is 0.273 e. The van der Waals surface area contributed by atoms with Crippen molar-refractivity contribution in [2.45, 2.75) is 24.9 Å². The van der Waals surface area contributed by atoms with Gasteiger partial charge in [0.15, 0.2) is 12.0 Å². The number of hydrogen-bond donors (Lipinski definition) is 1. The Morgan fingerprint density at radius 3 is 2.73 bits per heavy atom.